The van der Waals surface area contributed by atoms with E-state index in [2.05, 4.69) is 0 Å². The van der Waals surface area contributed by atoms with Crippen LogP contribution in [0.3, 0.4) is 0 Å². The standard InChI is InChI=1S/C18H18O3S/c1-3-21-18(19)13-17(14-7-5-4-6-8-14)22-16-11-9-15(20-2)10-12-16/h4-13H,3H2,1-2H3/b17-13-. The van der Waals surface area contributed by atoms with Gasteiger partial charge in [-0.3, -0.25) is 0 Å². The molecule has 0 aliphatic carbocycles. The summed E-state index contributed by atoms with van der Waals surface area (Å²) in [5.74, 6) is 0.474. The molecule has 22 heavy (non-hydrogen) atoms. The molecule has 0 atom stereocenters. The highest BCUT2D eigenvalue weighted by Gasteiger charge is 2.08. The van der Waals surface area contributed by atoms with E-state index in [4.69, 9.17) is 9.47 Å². The zero-order valence-electron chi connectivity index (χ0n) is 12.6. The Labute approximate surface area is 135 Å². The number of hydrogen-bond donors (Lipinski definition) is 0. The second-order valence-corrected chi connectivity index (χ2v) is 5.52. The molecule has 2 aromatic carbocycles. The van der Waals surface area contributed by atoms with Gasteiger partial charge in [0, 0.05) is 15.9 Å². The number of ether oxygens (including phenoxy) is 2. The van der Waals surface area contributed by atoms with E-state index in [1.165, 1.54) is 17.8 Å². The van der Waals surface area contributed by atoms with E-state index in [0.29, 0.717) is 6.61 Å². The second-order valence-electron chi connectivity index (χ2n) is 4.40. The fraction of sp³-hybridized carbons (Fsp3) is 0.167. The molecular formula is C18H18O3S. The van der Waals surface area contributed by atoms with Crippen molar-refractivity contribution in [2.24, 2.45) is 0 Å². The molecule has 0 saturated carbocycles. The van der Waals surface area contributed by atoms with E-state index in [-0.39, 0.29) is 5.97 Å². The van der Waals surface area contributed by atoms with Crippen LogP contribution in [0.4, 0.5) is 0 Å². The third-order valence-electron chi connectivity index (χ3n) is 2.88. The summed E-state index contributed by atoms with van der Waals surface area (Å²) < 4.78 is 10.2. The molecule has 0 bridgehead atoms. The number of rotatable bonds is 6. The summed E-state index contributed by atoms with van der Waals surface area (Å²) in [6.45, 7) is 2.16. The van der Waals surface area contributed by atoms with Crippen molar-refractivity contribution in [3.8, 4) is 5.75 Å². The van der Waals surface area contributed by atoms with E-state index in [1.807, 2.05) is 54.6 Å². The lowest BCUT2D eigenvalue weighted by Crippen LogP contribution is -2.00. The van der Waals surface area contributed by atoms with Crippen LogP contribution in [0.25, 0.3) is 4.91 Å². The number of thioether (sulfide) groups is 1. The van der Waals surface area contributed by atoms with Gasteiger partial charge >= 0.3 is 5.97 Å². The average molecular weight is 314 g/mol. The number of hydrogen-bond acceptors (Lipinski definition) is 4. The predicted octanol–water partition coefficient (Wildman–Crippen LogP) is 4.39. The van der Waals surface area contributed by atoms with E-state index in [0.717, 1.165) is 21.1 Å². The Balaban J connectivity index is 2.26. The fourth-order valence-corrected chi connectivity index (χ4v) is 2.77. The largest absolute Gasteiger partial charge is 0.497 e. The highest BCUT2D eigenvalue weighted by molar-refractivity contribution is 8.08. The van der Waals surface area contributed by atoms with Crippen molar-refractivity contribution in [3.05, 3.63) is 66.2 Å². The maximum atomic E-state index is 11.8. The molecule has 4 heteroatoms. The first-order valence-corrected chi connectivity index (χ1v) is 7.80. The van der Waals surface area contributed by atoms with Crippen LogP contribution in [-0.4, -0.2) is 19.7 Å². The molecule has 0 fully saturated rings. The molecule has 0 unspecified atom stereocenters. The molecule has 0 radical (unpaired) electrons. The first-order chi connectivity index (χ1) is 10.7. The van der Waals surface area contributed by atoms with Gasteiger partial charge in [0.2, 0.25) is 0 Å². The summed E-state index contributed by atoms with van der Waals surface area (Å²) in [5.41, 5.74) is 0.983. The number of esters is 1. The summed E-state index contributed by atoms with van der Waals surface area (Å²) in [5, 5.41) is 0. The molecular weight excluding hydrogens is 296 g/mol. The van der Waals surface area contributed by atoms with E-state index in [9.17, 15) is 4.79 Å². The minimum absolute atomic E-state index is 0.331. The van der Waals surface area contributed by atoms with Crippen molar-refractivity contribution < 1.29 is 14.3 Å². The van der Waals surface area contributed by atoms with Gasteiger partial charge in [-0.25, -0.2) is 4.79 Å². The van der Waals surface area contributed by atoms with Crippen molar-refractivity contribution >= 4 is 22.6 Å². The summed E-state index contributed by atoms with van der Waals surface area (Å²) in [6.07, 6.45) is 1.54. The third kappa shape index (κ3) is 4.67. The number of carbonyl (C=O) groups excluding carboxylic acids is 1. The van der Waals surface area contributed by atoms with Gasteiger partial charge in [-0.15, -0.1) is 0 Å². The van der Waals surface area contributed by atoms with Gasteiger partial charge in [-0.05, 0) is 36.8 Å². The number of carbonyl (C=O) groups is 1. The molecule has 0 spiro atoms. The maximum Gasteiger partial charge on any atom is 0.331 e. The summed E-state index contributed by atoms with van der Waals surface area (Å²) in [4.78, 5) is 13.7. The Morgan fingerprint density at radius 3 is 2.36 bits per heavy atom. The maximum absolute atomic E-state index is 11.8. The number of benzene rings is 2. The van der Waals surface area contributed by atoms with Crippen molar-refractivity contribution in [1.82, 2.24) is 0 Å². The Morgan fingerprint density at radius 1 is 1.09 bits per heavy atom. The Bertz CT molecular complexity index is 633. The third-order valence-corrected chi connectivity index (χ3v) is 3.96. The topological polar surface area (TPSA) is 35.5 Å². The van der Waals surface area contributed by atoms with Gasteiger partial charge < -0.3 is 9.47 Å². The normalized spacial score (nSPS) is 11.1. The molecule has 0 heterocycles. The quantitative estimate of drug-likeness (QED) is 0.450. The SMILES string of the molecule is CCOC(=O)/C=C(\Sc1ccc(OC)cc1)c1ccccc1. The summed E-state index contributed by atoms with van der Waals surface area (Å²) in [7, 11) is 1.64. The molecule has 0 aliphatic rings. The van der Waals surface area contributed by atoms with Crippen LogP contribution in [0.5, 0.6) is 5.75 Å². The van der Waals surface area contributed by atoms with Crippen LogP contribution in [0.2, 0.25) is 0 Å². The van der Waals surface area contributed by atoms with Gasteiger partial charge in [0.05, 0.1) is 13.7 Å². The van der Waals surface area contributed by atoms with Gasteiger partial charge in [0.15, 0.2) is 0 Å². The van der Waals surface area contributed by atoms with E-state index in [1.54, 1.807) is 14.0 Å². The van der Waals surface area contributed by atoms with Gasteiger partial charge in [0.25, 0.3) is 0 Å². The van der Waals surface area contributed by atoms with Gasteiger partial charge in [-0.1, -0.05) is 42.1 Å². The zero-order chi connectivity index (χ0) is 15.8. The van der Waals surface area contributed by atoms with Crippen LogP contribution >= 0.6 is 11.8 Å². The van der Waals surface area contributed by atoms with Crippen molar-refractivity contribution in [1.29, 1.82) is 0 Å². The first-order valence-electron chi connectivity index (χ1n) is 6.98. The summed E-state index contributed by atoms with van der Waals surface area (Å²) >= 11 is 1.52. The van der Waals surface area contributed by atoms with Crippen molar-refractivity contribution in [2.75, 3.05) is 13.7 Å². The predicted molar refractivity (Wildman–Crippen MR) is 89.9 cm³/mol. The van der Waals surface area contributed by atoms with Crippen LogP contribution in [0.1, 0.15) is 12.5 Å². The number of methoxy groups -OCH3 is 1. The molecule has 2 rings (SSSR count). The van der Waals surface area contributed by atoms with Crippen molar-refractivity contribution in [3.63, 3.8) is 0 Å². The Morgan fingerprint density at radius 2 is 1.77 bits per heavy atom. The first kappa shape index (κ1) is 16.2. The molecule has 0 saturated heterocycles. The lowest BCUT2D eigenvalue weighted by Gasteiger charge is -2.08. The molecule has 0 N–H and O–H groups in total. The lowest BCUT2D eigenvalue weighted by atomic mass is 10.2. The highest BCUT2D eigenvalue weighted by Crippen LogP contribution is 2.34. The minimum Gasteiger partial charge on any atom is -0.497 e. The van der Waals surface area contributed by atoms with Crippen LogP contribution in [-0.2, 0) is 9.53 Å². The van der Waals surface area contributed by atoms with Crippen molar-refractivity contribution in [2.45, 2.75) is 11.8 Å². The monoisotopic (exact) mass is 314 g/mol. The summed E-state index contributed by atoms with van der Waals surface area (Å²) in [6, 6.07) is 17.5. The van der Waals surface area contributed by atoms with Crippen LogP contribution in [0.15, 0.2) is 65.6 Å². The molecule has 3 nitrogen and oxygen atoms in total. The van der Waals surface area contributed by atoms with E-state index < -0.39 is 0 Å². The van der Waals surface area contributed by atoms with Crippen LogP contribution in [0, 0.1) is 0 Å². The molecule has 114 valence electrons. The smallest absolute Gasteiger partial charge is 0.331 e. The van der Waals surface area contributed by atoms with E-state index >= 15 is 0 Å². The molecule has 2 aromatic rings. The highest BCUT2D eigenvalue weighted by atomic mass is 32.2. The Hall–Kier alpha value is -2.20. The average Bonchev–Trinajstić information content (AvgIpc) is 2.56. The molecule has 0 amide bonds. The minimum atomic E-state index is -0.331. The molecule has 0 aliphatic heterocycles. The molecule has 0 aromatic heterocycles. The lowest BCUT2D eigenvalue weighted by molar-refractivity contribution is -0.137. The zero-order valence-corrected chi connectivity index (χ0v) is 13.4. The fourth-order valence-electron chi connectivity index (χ4n) is 1.84. The van der Waals surface area contributed by atoms with Crippen LogP contribution < -0.4 is 4.74 Å². The Kier molecular flexibility index (Phi) is 6.10. The van der Waals surface area contributed by atoms with Gasteiger partial charge in [0.1, 0.15) is 5.75 Å². The van der Waals surface area contributed by atoms with Gasteiger partial charge in [-0.2, -0.15) is 0 Å². The second kappa shape index (κ2) is 8.29.